The standard InChI is InChI=1S/C21H21FN4O2/c1-13-6-7-15(11-16(13)22)26-12-14(10-20(26)27)21(28)23-9-8-19-24-17-4-2-3-5-18(17)25-19/h2-7,11,14H,8-10,12H2,1H3,(H,23,28)(H,24,25)/t14-/m0/s1. The number of aromatic amines is 1. The summed E-state index contributed by atoms with van der Waals surface area (Å²) in [5.41, 5.74) is 2.87. The molecule has 0 unspecified atom stereocenters. The highest BCUT2D eigenvalue weighted by Crippen LogP contribution is 2.26. The molecule has 1 atom stereocenters. The highest BCUT2D eigenvalue weighted by molar-refractivity contribution is 6.00. The summed E-state index contributed by atoms with van der Waals surface area (Å²) in [6, 6.07) is 12.4. The lowest BCUT2D eigenvalue weighted by Crippen LogP contribution is -2.34. The largest absolute Gasteiger partial charge is 0.355 e. The van der Waals surface area contributed by atoms with Crippen molar-refractivity contribution in [1.82, 2.24) is 15.3 Å². The van der Waals surface area contributed by atoms with Gasteiger partial charge in [-0.15, -0.1) is 0 Å². The second-order valence-corrected chi connectivity index (χ2v) is 7.08. The minimum atomic E-state index is -0.437. The zero-order valence-corrected chi connectivity index (χ0v) is 15.5. The van der Waals surface area contributed by atoms with Crippen LogP contribution in [0.5, 0.6) is 0 Å². The number of rotatable bonds is 5. The second-order valence-electron chi connectivity index (χ2n) is 7.08. The molecule has 0 spiro atoms. The van der Waals surface area contributed by atoms with Crippen molar-refractivity contribution >= 4 is 28.5 Å². The highest BCUT2D eigenvalue weighted by Gasteiger charge is 2.35. The van der Waals surface area contributed by atoms with Gasteiger partial charge in [-0.05, 0) is 36.8 Å². The second kappa shape index (κ2) is 7.42. The Labute approximate surface area is 161 Å². The minimum absolute atomic E-state index is 0.131. The van der Waals surface area contributed by atoms with Crippen molar-refractivity contribution in [2.45, 2.75) is 19.8 Å². The van der Waals surface area contributed by atoms with Gasteiger partial charge in [0.1, 0.15) is 11.6 Å². The number of halogens is 1. The van der Waals surface area contributed by atoms with E-state index in [4.69, 9.17) is 0 Å². The summed E-state index contributed by atoms with van der Waals surface area (Å²) in [6.45, 7) is 2.36. The maximum atomic E-state index is 13.8. The van der Waals surface area contributed by atoms with Crippen molar-refractivity contribution in [2.75, 3.05) is 18.0 Å². The van der Waals surface area contributed by atoms with Crippen molar-refractivity contribution < 1.29 is 14.0 Å². The summed E-state index contributed by atoms with van der Waals surface area (Å²) < 4.78 is 13.8. The summed E-state index contributed by atoms with van der Waals surface area (Å²) in [5, 5.41) is 2.88. The number of aromatic nitrogens is 2. The normalized spacial score (nSPS) is 16.7. The summed E-state index contributed by atoms with van der Waals surface area (Å²) in [6.07, 6.45) is 0.708. The molecule has 0 saturated carbocycles. The molecule has 144 valence electrons. The van der Waals surface area contributed by atoms with Gasteiger partial charge in [-0.25, -0.2) is 9.37 Å². The van der Waals surface area contributed by atoms with E-state index in [1.54, 1.807) is 19.1 Å². The quantitative estimate of drug-likeness (QED) is 0.714. The third-order valence-corrected chi connectivity index (χ3v) is 5.06. The lowest BCUT2D eigenvalue weighted by Gasteiger charge is -2.17. The average Bonchev–Trinajstić information content (AvgIpc) is 3.27. The van der Waals surface area contributed by atoms with E-state index in [1.165, 1.54) is 11.0 Å². The van der Waals surface area contributed by atoms with Crippen LogP contribution in [0.4, 0.5) is 10.1 Å². The molecule has 0 bridgehead atoms. The Hall–Kier alpha value is -3.22. The lowest BCUT2D eigenvalue weighted by molar-refractivity contribution is -0.126. The topological polar surface area (TPSA) is 78.1 Å². The van der Waals surface area contributed by atoms with E-state index < -0.39 is 5.92 Å². The zero-order chi connectivity index (χ0) is 19.7. The number of amides is 2. The van der Waals surface area contributed by atoms with Gasteiger partial charge in [0.05, 0.1) is 17.0 Å². The minimum Gasteiger partial charge on any atom is -0.355 e. The molecule has 1 aliphatic heterocycles. The van der Waals surface area contributed by atoms with Crippen molar-refractivity contribution in [1.29, 1.82) is 0 Å². The van der Waals surface area contributed by atoms with Gasteiger partial charge in [-0.2, -0.15) is 0 Å². The van der Waals surface area contributed by atoms with Gasteiger partial charge in [0.25, 0.3) is 0 Å². The molecule has 7 heteroatoms. The van der Waals surface area contributed by atoms with Gasteiger partial charge in [-0.3, -0.25) is 9.59 Å². The van der Waals surface area contributed by atoms with E-state index in [0.717, 1.165) is 16.9 Å². The van der Waals surface area contributed by atoms with E-state index in [-0.39, 0.29) is 30.6 Å². The summed E-state index contributed by atoms with van der Waals surface area (Å²) >= 11 is 0. The fourth-order valence-electron chi connectivity index (χ4n) is 3.45. The number of nitrogens with zero attached hydrogens (tertiary/aromatic N) is 2. The first-order valence-corrected chi connectivity index (χ1v) is 9.29. The summed E-state index contributed by atoms with van der Waals surface area (Å²) in [7, 11) is 0. The Kier molecular flexibility index (Phi) is 4.81. The summed E-state index contributed by atoms with van der Waals surface area (Å²) in [4.78, 5) is 33.9. The van der Waals surface area contributed by atoms with Crippen LogP contribution in [0.1, 0.15) is 17.8 Å². The molecule has 2 heterocycles. The number of H-pyrrole nitrogens is 1. The molecule has 0 aliphatic carbocycles. The molecule has 1 aliphatic rings. The van der Waals surface area contributed by atoms with Gasteiger partial charge in [0, 0.05) is 31.6 Å². The number of imidazole rings is 1. The first-order chi connectivity index (χ1) is 13.5. The number of carbonyl (C=O) groups is 2. The van der Waals surface area contributed by atoms with E-state index >= 15 is 0 Å². The van der Waals surface area contributed by atoms with Crippen LogP contribution in [0.2, 0.25) is 0 Å². The molecule has 28 heavy (non-hydrogen) atoms. The molecule has 1 aromatic heterocycles. The van der Waals surface area contributed by atoms with Crippen LogP contribution in [-0.2, 0) is 16.0 Å². The average molecular weight is 380 g/mol. The van der Waals surface area contributed by atoms with E-state index in [9.17, 15) is 14.0 Å². The molecule has 1 saturated heterocycles. The lowest BCUT2D eigenvalue weighted by atomic mass is 10.1. The Morgan fingerprint density at radius 2 is 2.14 bits per heavy atom. The van der Waals surface area contributed by atoms with E-state index in [0.29, 0.717) is 24.2 Å². The first kappa shape index (κ1) is 18.2. The molecular weight excluding hydrogens is 359 g/mol. The monoisotopic (exact) mass is 380 g/mol. The number of fused-ring (bicyclic) bond motifs is 1. The number of anilines is 1. The maximum Gasteiger partial charge on any atom is 0.227 e. The number of carbonyl (C=O) groups excluding carboxylic acids is 2. The third-order valence-electron chi connectivity index (χ3n) is 5.06. The SMILES string of the molecule is Cc1ccc(N2C[C@@H](C(=O)NCCc3nc4ccccc4[nH]3)CC2=O)cc1F. The molecular formula is C21H21FN4O2. The Morgan fingerprint density at radius 1 is 1.32 bits per heavy atom. The van der Waals surface area contributed by atoms with Crippen LogP contribution < -0.4 is 10.2 Å². The molecule has 1 fully saturated rings. The molecule has 0 radical (unpaired) electrons. The van der Waals surface area contributed by atoms with Crippen molar-refractivity contribution in [3.63, 3.8) is 0 Å². The fraction of sp³-hybridized carbons (Fsp3) is 0.286. The highest BCUT2D eigenvalue weighted by atomic mass is 19.1. The van der Waals surface area contributed by atoms with Crippen LogP contribution in [0, 0.1) is 18.7 Å². The van der Waals surface area contributed by atoms with Gasteiger partial charge < -0.3 is 15.2 Å². The Balaban J connectivity index is 1.33. The Bertz CT molecular complexity index is 1010. The molecule has 3 aromatic rings. The molecule has 2 aromatic carbocycles. The van der Waals surface area contributed by atoms with Crippen molar-refractivity contribution in [3.05, 3.63) is 59.7 Å². The van der Waals surface area contributed by atoms with Crippen LogP contribution in [0.3, 0.4) is 0 Å². The van der Waals surface area contributed by atoms with E-state index in [2.05, 4.69) is 15.3 Å². The molecule has 4 rings (SSSR count). The smallest absolute Gasteiger partial charge is 0.227 e. The van der Waals surface area contributed by atoms with E-state index in [1.807, 2.05) is 24.3 Å². The third kappa shape index (κ3) is 3.60. The van der Waals surface area contributed by atoms with Gasteiger partial charge in [0.2, 0.25) is 11.8 Å². The summed E-state index contributed by atoms with van der Waals surface area (Å²) in [5.74, 6) is -0.322. The van der Waals surface area contributed by atoms with Crippen LogP contribution >= 0.6 is 0 Å². The van der Waals surface area contributed by atoms with Gasteiger partial charge in [0.15, 0.2) is 0 Å². The van der Waals surface area contributed by atoms with Gasteiger partial charge >= 0.3 is 0 Å². The Morgan fingerprint density at radius 3 is 2.93 bits per heavy atom. The number of aryl methyl sites for hydroxylation is 1. The predicted octanol–water partition coefficient (Wildman–Crippen LogP) is 2.72. The zero-order valence-electron chi connectivity index (χ0n) is 15.5. The number of benzene rings is 2. The molecule has 2 N–H and O–H groups in total. The number of hydrogen-bond donors (Lipinski definition) is 2. The van der Waals surface area contributed by atoms with Crippen LogP contribution in [-0.4, -0.2) is 34.9 Å². The van der Waals surface area contributed by atoms with Crippen molar-refractivity contribution in [2.24, 2.45) is 5.92 Å². The number of hydrogen-bond acceptors (Lipinski definition) is 3. The van der Waals surface area contributed by atoms with Crippen molar-refractivity contribution in [3.8, 4) is 0 Å². The maximum absolute atomic E-state index is 13.8. The predicted molar refractivity (Wildman–Crippen MR) is 104 cm³/mol. The first-order valence-electron chi connectivity index (χ1n) is 9.29. The molecule has 2 amide bonds. The van der Waals surface area contributed by atoms with Crippen LogP contribution in [0.25, 0.3) is 11.0 Å². The van der Waals surface area contributed by atoms with Gasteiger partial charge in [-0.1, -0.05) is 18.2 Å². The van der Waals surface area contributed by atoms with Crippen LogP contribution in [0.15, 0.2) is 42.5 Å². The number of para-hydroxylation sites is 2. The molecule has 6 nitrogen and oxygen atoms in total. The number of nitrogens with one attached hydrogen (secondary N) is 2. The fourth-order valence-corrected chi connectivity index (χ4v) is 3.45.